The van der Waals surface area contributed by atoms with E-state index in [1.165, 1.54) is 11.1 Å². The molecule has 6 heteroatoms. The van der Waals surface area contributed by atoms with E-state index in [2.05, 4.69) is 34.9 Å². The van der Waals surface area contributed by atoms with E-state index >= 15 is 0 Å². The lowest BCUT2D eigenvalue weighted by molar-refractivity contribution is 0.0954. The summed E-state index contributed by atoms with van der Waals surface area (Å²) in [5.41, 5.74) is 8.79. The van der Waals surface area contributed by atoms with Crippen molar-refractivity contribution in [1.29, 1.82) is 0 Å². The van der Waals surface area contributed by atoms with Gasteiger partial charge in [0.1, 0.15) is 0 Å². The molecule has 0 heterocycles. The van der Waals surface area contributed by atoms with Crippen molar-refractivity contribution in [1.82, 2.24) is 10.6 Å². The summed E-state index contributed by atoms with van der Waals surface area (Å²) in [4.78, 5) is 11.8. The summed E-state index contributed by atoms with van der Waals surface area (Å²) < 4.78 is 0. The molecule has 2 aromatic rings. The van der Waals surface area contributed by atoms with E-state index in [0.29, 0.717) is 18.7 Å². The fourth-order valence-electron chi connectivity index (χ4n) is 2.34. The molecule has 0 saturated carbocycles. The van der Waals surface area contributed by atoms with E-state index in [9.17, 15) is 4.79 Å². The number of halogens is 2. The van der Waals surface area contributed by atoms with E-state index in [4.69, 9.17) is 5.73 Å². The summed E-state index contributed by atoms with van der Waals surface area (Å²) in [5, 5.41) is 6.26. The average molecular weight is 384 g/mol. The first-order chi connectivity index (χ1) is 11.3. The van der Waals surface area contributed by atoms with Gasteiger partial charge in [-0.15, -0.1) is 24.8 Å². The number of carbonyl (C=O) groups is 1. The zero-order chi connectivity index (χ0) is 16.3. The van der Waals surface area contributed by atoms with Gasteiger partial charge in [0, 0.05) is 25.2 Å². The molecule has 138 valence electrons. The van der Waals surface area contributed by atoms with Gasteiger partial charge in [-0.1, -0.05) is 42.5 Å². The Bertz CT molecular complexity index is 591. The van der Waals surface area contributed by atoms with E-state index < -0.39 is 0 Å². The summed E-state index contributed by atoms with van der Waals surface area (Å²) >= 11 is 0. The molecule has 0 aliphatic carbocycles. The molecule has 0 bridgehead atoms. The first-order valence-corrected chi connectivity index (χ1v) is 8.11. The Balaban J connectivity index is 0.00000288. The van der Waals surface area contributed by atoms with Crippen molar-refractivity contribution < 1.29 is 4.79 Å². The quantitative estimate of drug-likeness (QED) is 0.583. The molecule has 2 rings (SSSR count). The number of aryl methyl sites for hydroxylation is 1. The molecule has 0 aromatic heterocycles. The lowest BCUT2D eigenvalue weighted by Crippen LogP contribution is -2.32. The minimum atomic E-state index is -0.0209. The fourth-order valence-corrected chi connectivity index (χ4v) is 2.34. The van der Waals surface area contributed by atoms with Gasteiger partial charge in [-0.2, -0.15) is 0 Å². The molecular weight excluding hydrogens is 357 g/mol. The van der Waals surface area contributed by atoms with Crippen molar-refractivity contribution >= 4 is 30.7 Å². The van der Waals surface area contributed by atoms with E-state index in [0.717, 1.165) is 25.9 Å². The van der Waals surface area contributed by atoms with E-state index in [-0.39, 0.29) is 30.7 Å². The Labute approximate surface area is 162 Å². The molecule has 0 aliphatic heterocycles. The molecule has 0 fully saturated rings. The van der Waals surface area contributed by atoms with Crippen molar-refractivity contribution in [3.63, 3.8) is 0 Å². The number of benzene rings is 2. The van der Waals surface area contributed by atoms with Crippen molar-refractivity contribution in [3.8, 4) is 0 Å². The second-order valence-electron chi connectivity index (χ2n) is 5.50. The van der Waals surface area contributed by atoms with Crippen LogP contribution in [0.1, 0.15) is 27.9 Å². The molecule has 4 N–H and O–H groups in total. The van der Waals surface area contributed by atoms with Crippen molar-refractivity contribution in [2.24, 2.45) is 5.73 Å². The van der Waals surface area contributed by atoms with Crippen LogP contribution in [0.25, 0.3) is 0 Å². The number of nitrogens with one attached hydrogen (secondary N) is 2. The molecule has 0 unspecified atom stereocenters. The highest BCUT2D eigenvalue weighted by atomic mass is 35.5. The van der Waals surface area contributed by atoms with Crippen molar-refractivity contribution in [2.45, 2.75) is 19.4 Å². The molecule has 4 nitrogen and oxygen atoms in total. The summed E-state index contributed by atoms with van der Waals surface area (Å²) in [6.45, 7) is 2.96. The first kappa shape index (κ1) is 23.4. The summed E-state index contributed by atoms with van der Waals surface area (Å²) in [5.74, 6) is -0.0209. The van der Waals surface area contributed by atoms with E-state index in [1.807, 2.05) is 30.3 Å². The molecule has 0 radical (unpaired) electrons. The number of rotatable bonds is 9. The second kappa shape index (κ2) is 13.7. The maximum absolute atomic E-state index is 11.8. The van der Waals surface area contributed by atoms with Crippen LogP contribution in [0.4, 0.5) is 0 Å². The zero-order valence-corrected chi connectivity index (χ0v) is 15.9. The molecule has 25 heavy (non-hydrogen) atoms. The Morgan fingerprint density at radius 1 is 0.840 bits per heavy atom. The Morgan fingerprint density at radius 2 is 1.48 bits per heavy atom. The van der Waals surface area contributed by atoms with Gasteiger partial charge in [0.15, 0.2) is 0 Å². The molecular formula is C19H27Cl2N3O. The summed E-state index contributed by atoms with van der Waals surface area (Å²) in [6, 6.07) is 17.7. The van der Waals surface area contributed by atoms with Crippen LogP contribution in [0.15, 0.2) is 54.6 Å². The topological polar surface area (TPSA) is 67.2 Å². The molecule has 1 amide bonds. The monoisotopic (exact) mass is 383 g/mol. The highest BCUT2D eigenvalue weighted by Crippen LogP contribution is 2.05. The average Bonchev–Trinajstić information content (AvgIpc) is 2.62. The summed E-state index contributed by atoms with van der Waals surface area (Å²) in [7, 11) is 0. The van der Waals surface area contributed by atoms with Crippen LogP contribution in [0.2, 0.25) is 0 Å². The van der Waals surface area contributed by atoms with Crippen LogP contribution in [-0.4, -0.2) is 25.5 Å². The predicted octanol–water partition coefficient (Wildman–Crippen LogP) is 2.94. The Hall–Kier alpha value is -1.59. The highest BCUT2D eigenvalue weighted by Gasteiger charge is 2.02. The van der Waals surface area contributed by atoms with Crippen LogP contribution in [0.5, 0.6) is 0 Å². The standard InChI is InChI=1S/C19H25N3O.2ClH/c20-15-17-10-8-16(9-11-17)5-4-12-21-13-14-22-19(23)18-6-2-1-3-7-18;;/h1-3,6-11,21H,4-5,12-15,20H2,(H,22,23);2*1H. The van der Waals surface area contributed by atoms with Crippen molar-refractivity contribution in [3.05, 3.63) is 71.3 Å². The van der Waals surface area contributed by atoms with Gasteiger partial charge in [-0.25, -0.2) is 0 Å². The van der Waals surface area contributed by atoms with Gasteiger partial charge in [-0.3, -0.25) is 4.79 Å². The SMILES string of the molecule is Cl.Cl.NCc1ccc(CCCNCCNC(=O)c2ccccc2)cc1. The largest absolute Gasteiger partial charge is 0.351 e. The van der Waals surface area contributed by atoms with Crippen LogP contribution in [0.3, 0.4) is 0 Å². The van der Waals surface area contributed by atoms with Crippen molar-refractivity contribution in [2.75, 3.05) is 19.6 Å². The van der Waals surface area contributed by atoms with E-state index in [1.54, 1.807) is 0 Å². The van der Waals surface area contributed by atoms with Crippen LogP contribution < -0.4 is 16.4 Å². The molecule has 0 aliphatic rings. The Kier molecular flexibility index (Phi) is 12.8. The van der Waals surface area contributed by atoms with Gasteiger partial charge >= 0.3 is 0 Å². The first-order valence-electron chi connectivity index (χ1n) is 8.11. The lowest BCUT2D eigenvalue weighted by atomic mass is 10.1. The smallest absolute Gasteiger partial charge is 0.251 e. The van der Waals surface area contributed by atoms with Crippen LogP contribution in [0, 0.1) is 0 Å². The Morgan fingerprint density at radius 3 is 2.12 bits per heavy atom. The van der Waals surface area contributed by atoms with Gasteiger partial charge in [0.05, 0.1) is 0 Å². The van der Waals surface area contributed by atoms with Gasteiger partial charge in [0.2, 0.25) is 0 Å². The normalized spacial score (nSPS) is 9.64. The number of hydrogen-bond donors (Lipinski definition) is 3. The number of carbonyl (C=O) groups excluding carboxylic acids is 1. The number of hydrogen-bond acceptors (Lipinski definition) is 3. The molecule has 0 saturated heterocycles. The molecule has 0 spiro atoms. The van der Waals surface area contributed by atoms with Gasteiger partial charge in [-0.05, 0) is 42.6 Å². The molecule has 0 atom stereocenters. The highest BCUT2D eigenvalue weighted by molar-refractivity contribution is 5.94. The lowest BCUT2D eigenvalue weighted by Gasteiger charge is -2.07. The third-order valence-corrected chi connectivity index (χ3v) is 3.70. The minimum absolute atomic E-state index is 0. The minimum Gasteiger partial charge on any atom is -0.351 e. The third kappa shape index (κ3) is 8.89. The van der Waals surface area contributed by atoms with Crippen LogP contribution >= 0.6 is 24.8 Å². The number of amides is 1. The van der Waals surface area contributed by atoms with Crippen LogP contribution in [-0.2, 0) is 13.0 Å². The maximum Gasteiger partial charge on any atom is 0.251 e. The predicted molar refractivity (Wildman–Crippen MR) is 109 cm³/mol. The third-order valence-electron chi connectivity index (χ3n) is 3.70. The fraction of sp³-hybridized carbons (Fsp3) is 0.316. The molecule has 2 aromatic carbocycles. The zero-order valence-electron chi connectivity index (χ0n) is 14.2. The number of nitrogens with two attached hydrogens (primary N) is 1. The maximum atomic E-state index is 11.8. The van der Waals surface area contributed by atoms with Gasteiger partial charge in [0.25, 0.3) is 5.91 Å². The second-order valence-corrected chi connectivity index (χ2v) is 5.50. The van der Waals surface area contributed by atoms with Gasteiger partial charge < -0.3 is 16.4 Å². The summed E-state index contributed by atoms with van der Waals surface area (Å²) in [6.07, 6.45) is 2.13.